The average molecular weight is 251 g/mol. The van der Waals surface area contributed by atoms with Crippen LogP contribution in [0, 0.1) is 11.7 Å². The molecule has 18 heavy (non-hydrogen) atoms. The zero-order valence-corrected chi connectivity index (χ0v) is 11.2. The van der Waals surface area contributed by atoms with Gasteiger partial charge in [-0.05, 0) is 57.8 Å². The highest BCUT2D eigenvalue weighted by Gasteiger charge is 2.21. The molecule has 3 nitrogen and oxygen atoms in total. The fourth-order valence-electron chi connectivity index (χ4n) is 2.49. The normalized spacial score (nSPS) is 20.1. The summed E-state index contributed by atoms with van der Waals surface area (Å²) >= 11 is 0. The van der Waals surface area contributed by atoms with Crippen molar-refractivity contribution < 1.29 is 4.39 Å². The summed E-state index contributed by atoms with van der Waals surface area (Å²) in [5.41, 5.74) is 0. The molecule has 0 aromatic carbocycles. The number of nitrogens with one attached hydrogen (secondary N) is 1. The highest BCUT2D eigenvalue weighted by atomic mass is 19.1. The molecule has 2 rings (SSSR count). The quantitative estimate of drug-likeness (QED) is 0.891. The molecule has 0 spiro atoms. The number of piperidine rings is 1. The molecule has 1 aliphatic rings. The maximum Gasteiger partial charge on any atom is 0.165 e. The van der Waals surface area contributed by atoms with Gasteiger partial charge >= 0.3 is 0 Å². The van der Waals surface area contributed by atoms with Crippen LogP contribution in [0.2, 0.25) is 0 Å². The lowest BCUT2D eigenvalue weighted by molar-refractivity contribution is 0.369. The summed E-state index contributed by atoms with van der Waals surface area (Å²) < 4.78 is 13.8. The van der Waals surface area contributed by atoms with Crippen molar-refractivity contribution in [3.63, 3.8) is 0 Å². The van der Waals surface area contributed by atoms with Crippen LogP contribution in [0.4, 0.5) is 10.2 Å². The standard InChI is InChI=1S/C14H22FN3/c1-11(2)18(10-12-5-3-7-16-9-12)14-13(15)6-4-8-17-14/h4,6,8,11-12,16H,3,5,7,9-10H2,1-2H3. The molecule has 1 aromatic rings. The van der Waals surface area contributed by atoms with Crippen molar-refractivity contribution in [2.24, 2.45) is 5.92 Å². The Morgan fingerprint density at radius 3 is 3.00 bits per heavy atom. The number of halogens is 1. The van der Waals surface area contributed by atoms with Crippen molar-refractivity contribution >= 4 is 5.82 Å². The molecule has 0 amide bonds. The van der Waals surface area contributed by atoms with Crippen molar-refractivity contribution in [1.82, 2.24) is 10.3 Å². The lowest BCUT2D eigenvalue weighted by Crippen LogP contribution is -2.42. The monoisotopic (exact) mass is 251 g/mol. The Balaban J connectivity index is 2.10. The Kier molecular flexibility index (Phi) is 4.53. The van der Waals surface area contributed by atoms with Gasteiger partial charge in [0.25, 0.3) is 0 Å². The predicted octanol–water partition coefficient (Wildman–Crippen LogP) is 2.44. The molecule has 1 N–H and O–H groups in total. The summed E-state index contributed by atoms with van der Waals surface area (Å²) in [6.45, 7) is 7.18. The second kappa shape index (κ2) is 6.14. The first-order chi connectivity index (χ1) is 8.68. The molecular formula is C14H22FN3. The third kappa shape index (κ3) is 3.19. The number of rotatable bonds is 4. The van der Waals surface area contributed by atoms with E-state index >= 15 is 0 Å². The lowest BCUT2D eigenvalue weighted by atomic mass is 9.98. The van der Waals surface area contributed by atoms with E-state index in [9.17, 15) is 4.39 Å². The van der Waals surface area contributed by atoms with Crippen molar-refractivity contribution in [3.05, 3.63) is 24.1 Å². The summed E-state index contributed by atoms with van der Waals surface area (Å²) in [6, 6.07) is 3.38. The zero-order chi connectivity index (χ0) is 13.0. The van der Waals surface area contributed by atoms with Crippen LogP contribution in [0.5, 0.6) is 0 Å². The molecule has 4 heteroatoms. The van der Waals surface area contributed by atoms with Crippen LogP contribution >= 0.6 is 0 Å². The molecule has 1 fully saturated rings. The van der Waals surface area contributed by atoms with Gasteiger partial charge in [-0.1, -0.05) is 0 Å². The summed E-state index contributed by atoms with van der Waals surface area (Å²) in [5, 5.41) is 3.40. The fraction of sp³-hybridized carbons (Fsp3) is 0.643. The van der Waals surface area contributed by atoms with Gasteiger partial charge in [0.1, 0.15) is 0 Å². The van der Waals surface area contributed by atoms with E-state index in [2.05, 4.69) is 29.0 Å². The Labute approximate surface area is 108 Å². The summed E-state index contributed by atoms with van der Waals surface area (Å²) in [6.07, 6.45) is 4.08. The molecule has 2 heterocycles. The highest BCUT2D eigenvalue weighted by molar-refractivity contribution is 5.40. The Morgan fingerprint density at radius 1 is 1.56 bits per heavy atom. The minimum absolute atomic E-state index is 0.227. The van der Waals surface area contributed by atoms with E-state index in [-0.39, 0.29) is 11.9 Å². The SMILES string of the molecule is CC(C)N(CC1CCCNC1)c1ncccc1F. The fourth-order valence-corrected chi connectivity index (χ4v) is 2.49. The summed E-state index contributed by atoms with van der Waals surface area (Å²) in [5.74, 6) is 0.843. The van der Waals surface area contributed by atoms with Gasteiger partial charge in [-0.15, -0.1) is 0 Å². The second-order valence-electron chi connectivity index (χ2n) is 5.27. The molecule has 1 saturated heterocycles. The van der Waals surface area contributed by atoms with Crippen LogP contribution in [0.3, 0.4) is 0 Å². The van der Waals surface area contributed by atoms with Gasteiger partial charge in [-0.25, -0.2) is 9.37 Å². The van der Waals surface area contributed by atoms with E-state index in [0.29, 0.717) is 11.7 Å². The Morgan fingerprint density at radius 2 is 2.39 bits per heavy atom. The average Bonchev–Trinajstić information content (AvgIpc) is 2.38. The number of aromatic nitrogens is 1. The van der Waals surface area contributed by atoms with Gasteiger partial charge < -0.3 is 10.2 Å². The lowest BCUT2D eigenvalue weighted by Gasteiger charge is -2.33. The van der Waals surface area contributed by atoms with Crippen LogP contribution in [0.25, 0.3) is 0 Å². The van der Waals surface area contributed by atoms with Crippen molar-refractivity contribution in [2.45, 2.75) is 32.7 Å². The number of hydrogen-bond acceptors (Lipinski definition) is 3. The number of pyridine rings is 1. The third-order valence-electron chi connectivity index (χ3n) is 3.49. The van der Waals surface area contributed by atoms with Crippen LogP contribution in [0.1, 0.15) is 26.7 Å². The van der Waals surface area contributed by atoms with Gasteiger partial charge in [-0.3, -0.25) is 0 Å². The minimum Gasteiger partial charge on any atom is -0.351 e. The van der Waals surface area contributed by atoms with Gasteiger partial charge in [0.2, 0.25) is 0 Å². The first-order valence-corrected chi connectivity index (χ1v) is 6.76. The van der Waals surface area contributed by atoms with E-state index < -0.39 is 0 Å². The number of nitrogens with zero attached hydrogens (tertiary/aromatic N) is 2. The second-order valence-corrected chi connectivity index (χ2v) is 5.27. The van der Waals surface area contributed by atoms with Crippen LogP contribution in [0.15, 0.2) is 18.3 Å². The summed E-state index contributed by atoms with van der Waals surface area (Å²) in [7, 11) is 0. The van der Waals surface area contributed by atoms with E-state index in [0.717, 1.165) is 19.6 Å². The third-order valence-corrected chi connectivity index (χ3v) is 3.49. The van der Waals surface area contributed by atoms with Crippen molar-refractivity contribution in [1.29, 1.82) is 0 Å². The first kappa shape index (κ1) is 13.3. The van der Waals surface area contributed by atoms with Gasteiger partial charge in [0, 0.05) is 18.8 Å². The number of anilines is 1. The van der Waals surface area contributed by atoms with Crippen LogP contribution < -0.4 is 10.2 Å². The maximum atomic E-state index is 13.8. The molecule has 100 valence electrons. The number of hydrogen-bond donors (Lipinski definition) is 1. The molecule has 1 atom stereocenters. The molecule has 0 saturated carbocycles. The van der Waals surface area contributed by atoms with E-state index in [4.69, 9.17) is 0 Å². The van der Waals surface area contributed by atoms with Crippen LogP contribution in [-0.4, -0.2) is 30.7 Å². The van der Waals surface area contributed by atoms with E-state index in [1.165, 1.54) is 18.9 Å². The van der Waals surface area contributed by atoms with Crippen molar-refractivity contribution in [3.8, 4) is 0 Å². The van der Waals surface area contributed by atoms with Gasteiger partial charge in [-0.2, -0.15) is 0 Å². The molecule has 1 unspecified atom stereocenters. The smallest absolute Gasteiger partial charge is 0.165 e. The predicted molar refractivity (Wildman–Crippen MR) is 72.3 cm³/mol. The molecule has 0 radical (unpaired) electrons. The maximum absolute atomic E-state index is 13.8. The largest absolute Gasteiger partial charge is 0.351 e. The van der Waals surface area contributed by atoms with Gasteiger partial charge in [0.05, 0.1) is 0 Å². The topological polar surface area (TPSA) is 28.2 Å². The van der Waals surface area contributed by atoms with Crippen molar-refractivity contribution in [2.75, 3.05) is 24.5 Å². The van der Waals surface area contributed by atoms with Gasteiger partial charge in [0.15, 0.2) is 11.6 Å². The molecule has 1 aromatic heterocycles. The highest BCUT2D eigenvalue weighted by Crippen LogP contribution is 2.21. The Bertz CT molecular complexity index is 375. The minimum atomic E-state index is -0.227. The Hall–Kier alpha value is -1.16. The van der Waals surface area contributed by atoms with E-state index in [1.807, 2.05) is 0 Å². The molecule has 1 aliphatic heterocycles. The zero-order valence-electron chi connectivity index (χ0n) is 11.2. The first-order valence-electron chi connectivity index (χ1n) is 6.76. The molecule has 0 bridgehead atoms. The van der Waals surface area contributed by atoms with Crippen LogP contribution in [-0.2, 0) is 0 Å². The molecule has 0 aliphatic carbocycles. The van der Waals surface area contributed by atoms with E-state index in [1.54, 1.807) is 12.3 Å². The molecular weight excluding hydrogens is 229 g/mol. The summed E-state index contributed by atoms with van der Waals surface area (Å²) in [4.78, 5) is 6.27.